The van der Waals surface area contributed by atoms with E-state index in [1.165, 1.54) is 91.8 Å². The fourth-order valence-corrected chi connectivity index (χ4v) is 13.1. The molecule has 0 atom stereocenters. The van der Waals surface area contributed by atoms with Gasteiger partial charge in [0, 0.05) is 97.4 Å². The van der Waals surface area contributed by atoms with E-state index in [1.54, 1.807) is 0 Å². The van der Waals surface area contributed by atoms with E-state index in [-0.39, 0.29) is 0 Å². The molecule has 0 N–H and O–H groups in total. The fourth-order valence-electron chi connectivity index (χ4n) is 8.54. The summed E-state index contributed by atoms with van der Waals surface area (Å²) in [4.78, 5) is 15.8. The van der Waals surface area contributed by atoms with E-state index in [0.29, 0.717) is 17.5 Å². The molecule has 0 bridgehead atoms. The first-order valence-electron chi connectivity index (χ1n) is 19.2. The topological polar surface area (TPSA) is 38.7 Å². The van der Waals surface area contributed by atoms with Gasteiger partial charge in [-0.25, -0.2) is 15.0 Å². The van der Waals surface area contributed by atoms with Crippen molar-refractivity contribution >= 4 is 126 Å². The highest BCUT2D eigenvalue weighted by molar-refractivity contribution is 7.27. The molecule has 0 saturated carbocycles. The van der Waals surface area contributed by atoms with Crippen LogP contribution in [0.2, 0.25) is 0 Å². The van der Waals surface area contributed by atoms with Gasteiger partial charge in [0.25, 0.3) is 0 Å². The van der Waals surface area contributed by atoms with Crippen LogP contribution >= 0.6 is 45.3 Å². The van der Waals surface area contributed by atoms with Crippen molar-refractivity contribution in [2.45, 2.75) is 0 Å². The van der Waals surface area contributed by atoms with Gasteiger partial charge in [0.05, 0.1) is 0 Å². The molecule has 5 aromatic heterocycles. The molecule has 5 heterocycles. The second kappa shape index (κ2) is 12.6. The van der Waals surface area contributed by atoms with Crippen molar-refractivity contribution in [1.29, 1.82) is 0 Å². The Morgan fingerprint density at radius 3 is 1.26 bits per heavy atom. The molecule has 0 saturated heterocycles. The van der Waals surface area contributed by atoms with Crippen molar-refractivity contribution in [3.05, 3.63) is 164 Å². The summed E-state index contributed by atoms with van der Waals surface area (Å²) in [7, 11) is 0. The quantitative estimate of drug-likeness (QED) is 0.178. The van der Waals surface area contributed by atoms with E-state index in [1.807, 2.05) is 45.3 Å². The summed E-state index contributed by atoms with van der Waals surface area (Å²) < 4.78 is 10.1. The van der Waals surface area contributed by atoms with Crippen LogP contribution in [0.4, 0.5) is 0 Å². The predicted molar refractivity (Wildman–Crippen MR) is 253 cm³/mol. The van der Waals surface area contributed by atoms with Gasteiger partial charge in [-0.1, -0.05) is 103 Å². The molecule has 7 heteroatoms. The van der Waals surface area contributed by atoms with E-state index < -0.39 is 0 Å². The molecule has 0 unspecified atom stereocenters. The standard InChI is InChI=1S/C51H27N3S4/c1-4-13-41-32(8-1)35-20-16-30(26-46(35)56-41)49-52-50(31-17-21-36-33-9-2-5-14-42(33)57-47(36)27-31)54-51(53-49)38-12-7-11-37-40-25-29(19-23-45(40)58-48(37)38)28-18-22-44-39(24-28)34-10-3-6-15-43(34)55-44/h1-27H. The Bertz CT molecular complexity index is 3700. The van der Waals surface area contributed by atoms with Crippen LogP contribution < -0.4 is 0 Å². The van der Waals surface area contributed by atoms with Gasteiger partial charge in [-0.2, -0.15) is 0 Å². The van der Waals surface area contributed by atoms with Crippen molar-refractivity contribution in [3.8, 4) is 45.3 Å². The summed E-state index contributed by atoms with van der Waals surface area (Å²) in [5, 5.41) is 10.2. The molecular weight excluding hydrogens is 783 g/mol. The third-order valence-electron chi connectivity index (χ3n) is 11.4. The number of thiophene rings is 4. The summed E-state index contributed by atoms with van der Waals surface area (Å²) >= 11 is 7.29. The number of hydrogen-bond acceptors (Lipinski definition) is 7. The van der Waals surface area contributed by atoms with Crippen LogP contribution in [0.15, 0.2) is 164 Å². The van der Waals surface area contributed by atoms with Crippen LogP contribution in [0.25, 0.3) is 126 Å². The number of rotatable bonds is 4. The zero-order valence-electron chi connectivity index (χ0n) is 30.6. The Kier molecular flexibility index (Phi) is 7.09. The van der Waals surface area contributed by atoms with Gasteiger partial charge in [-0.3, -0.25) is 0 Å². The molecule has 13 rings (SSSR count). The number of hydrogen-bond donors (Lipinski definition) is 0. The van der Waals surface area contributed by atoms with Gasteiger partial charge in [-0.05, 0) is 71.8 Å². The number of benzene rings is 8. The molecular formula is C51H27N3S4. The van der Waals surface area contributed by atoms with Crippen molar-refractivity contribution < 1.29 is 0 Å². The highest BCUT2D eigenvalue weighted by Gasteiger charge is 2.19. The minimum atomic E-state index is 0.674. The summed E-state index contributed by atoms with van der Waals surface area (Å²) in [5.41, 5.74) is 5.42. The Hall–Kier alpha value is -6.35. The number of aromatic nitrogens is 3. The zero-order chi connectivity index (χ0) is 37.9. The molecule has 13 aromatic rings. The fraction of sp³-hybridized carbons (Fsp3) is 0. The molecule has 0 aliphatic rings. The molecule has 270 valence electrons. The predicted octanol–water partition coefficient (Wildman–Crippen LogP) is 16.0. The molecule has 0 fully saturated rings. The van der Waals surface area contributed by atoms with Gasteiger partial charge in [0.1, 0.15) is 0 Å². The first kappa shape index (κ1) is 32.7. The molecule has 0 amide bonds. The normalized spacial score (nSPS) is 12.1. The van der Waals surface area contributed by atoms with E-state index in [9.17, 15) is 0 Å². The van der Waals surface area contributed by atoms with Gasteiger partial charge in [0.2, 0.25) is 0 Å². The highest BCUT2D eigenvalue weighted by atomic mass is 32.1. The number of nitrogens with zero attached hydrogens (tertiary/aromatic N) is 3. The second-order valence-corrected chi connectivity index (χ2v) is 19.0. The van der Waals surface area contributed by atoms with Crippen LogP contribution in [-0.4, -0.2) is 15.0 Å². The highest BCUT2D eigenvalue weighted by Crippen LogP contribution is 2.44. The Morgan fingerprint density at radius 2 is 0.672 bits per heavy atom. The maximum atomic E-state index is 5.28. The monoisotopic (exact) mass is 809 g/mol. The molecule has 0 spiro atoms. The van der Waals surface area contributed by atoms with Crippen molar-refractivity contribution in [1.82, 2.24) is 15.0 Å². The first-order valence-corrected chi connectivity index (χ1v) is 22.4. The van der Waals surface area contributed by atoms with Crippen LogP contribution in [0, 0.1) is 0 Å². The van der Waals surface area contributed by atoms with Crippen molar-refractivity contribution in [2.75, 3.05) is 0 Å². The Balaban J connectivity index is 0.987. The lowest BCUT2D eigenvalue weighted by Crippen LogP contribution is -2.00. The van der Waals surface area contributed by atoms with E-state index in [0.717, 1.165) is 16.7 Å². The Morgan fingerprint density at radius 1 is 0.259 bits per heavy atom. The zero-order valence-corrected chi connectivity index (χ0v) is 33.8. The largest absolute Gasteiger partial charge is 0.208 e. The third-order valence-corrected chi connectivity index (χ3v) is 16.0. The lowest BCUT2D eigenvalue weighted by molar-refractivity contribution is 1.08. The van der Waals surface area contributed by atoms with Crippen LogP contribution in [-0.2, 0) is 0 Å². The molecule has 58 heavy (non-hydrogen) atoms. The lowest BCUT2D eigenvalue weighted by Gasteiger charge is -2.09. The van der Waals surface area contributed by atoms with Gasteiger partial charge in [0.15, 0.2) is 17.5 Å². The number of fused-ring (bicyclic) bond motifs is 12. The van der Waals surface area contributed by atoms with Gasteiger partial charge < -0.3 is 0 Å². The maximum Gasteiger partial charge on any atom is 0.165 e. The third kappa shape index (κ3) is 5.04. The second-order valence-electron chi connectivity index (χ2n) is 14.7. The maximum absolute atomic E-state index is 5.28. The van der Waals surface area contributed by atoms with Crippen molar-refractivity contribution in [3.63, 3.8) is 0 Å². The summed E-state index contributed by atoms with van der Waals surface area (Å²) in [6.07, 6.45) is 0. The summed E-state index contributed by atoms with van der Waals surface area (Å²) in [6, 6.07) is 59.6. The van der Waals surface area contributed by atoms with E-state index in [2.05, 4.69) is 164 Å². The molecule has 0 radical (unpaired) electrons. The first-order chi connectivity index (χ1) is 28.7. The molecule has 0 aliphatic carbocycles. The van der Waals surface area contributed by atoms with Crippen LogP contribution in [0.3, 0.4) is 0 Å². The van der Waals surface area contributed by atoms with E-state index >= 15 is 0 Å². The smallest absolute Gasteiger partial charge is 0.165 e. The average molecular weight is 810 g/mol. The summed E-state index contributed by atoms with van der Waals surface area (Å²) in [5.74, 6) is 2.03. The Labute approximate surface area is 347 Å². The minimum absolute atomic E-state index is 0.674. The lowest BCUT2D eigenvalue weighted by atomic mass is 10.0. The van der Waals surface area contributed by atoms with Crippen LogP contribution in [0.5, 0.6) is 0 Å². The summed E-state index contributed by atoms with van der Waals surface area (Å²) in [6.45, 7) is 0. The van der Waals surface area contributed by atoms with Gasteiger partial charge in [-0.15, -0.1) is 45.3 Å². The minimum Gasteiger partial charge on any atom is -0.208 e. The van der Waals surface area contributed by atoms with Crippen molar-refractivity contribution in [2.24, 2.45) is 0 Å². The van der Waals surface area contributed by atoms with Gasteiger partial charge >= 0.3 is 0 Å². The molecule has 3 nitrogen and oxygen atoms in total. The molecule has 0 aliphatic heterocycles. The van der Waals surface area contributed by atoms with Crippen LogP contribution in [0.1, 0.15) is 0 Å². The SMILES string of the molecule is c1ccc2c(c1)sc1cc(-c3nc(-c4ccc5c(c4)sc4ccccc45)nc(-c4cccc5c4sc4ccc(-c6ccc7sc8ccccc8c7c6)cc45)n3)ccc12. The average Bonchev–Trinajstić information content (AvgIpc) is 4.05. The molecule has 8 aromatic carbocycles. The van der Waals surface area contributed by atoms with E-state index in [4.69, 9.17) is 15.0 Å².